The maximum absolute atomic E-state index is 13.2. The van der Waals surface area contributed by atoms with Crippen LogP contribution in [0.4, 0.5) is 0 Å². The van der Waals surface area contributed by atoms with Crippen LogP contribution in [0.25, 0.3) is 0 Å². The van der Waals surface area contributed by atoms with Gasteiger partial charge >= 0.3 is 0 Å². The molecule has 0 radical (unpaired) electrons. The fraction of sp³-hybridized carbons (Fsp3) is 0.391. The Bertz CT molecular complexity index is 906. The topological polar surface area (TPSA) is 58.6 Å². The molecule has 0 aliphatic rings. The Morgan fingerprint density at radius 1 is 1.06 bits per heavy atom. The first-order valence-corrected chi connectivity index (χ1v) is 11.2. The van der Waals surface area contributed by atoms with Crippen LogP contribution in [-0.4, -0.2) is 35.9 Å². The standard InChI is InChI=1S/C23H27Cl3N2O3/c1-5-20(23(30)27-6-2)28(12-17-18(24)8-7-9-19(17)25)21(29)13-31-16-10-14(3)22(26)15(4)11-16/h7-11,20H,5-6,12-13H2,1-4H3,(H,27,30)/t20-/m0/s1. The minimum absolute atomic E-state index is 0.0923. The summed E-state index contributed by atoms with van der Waals surface area (Å²) in [5, 5.41) is 4.31. The normalized spacial score (nSPS) is 11.7. The molecule has 1 N–H and O–H groups in total. The van der Waals surface area contributed by atoms with Gasteiger partial charge < -0.3 is 15.0 Å². The maximum Gasteiger partial charge on any atom is 0.261 e. The number of halogens is 3. The highest BCUT2D eigenvalue weighted by Gasteiger charge is 2.29. The van der Waals surface area contributed by atoms with Crippen molar-refractivity contribution in [3.8, 4) is 5.75 Å². The number of carbonyl (C=O) groups excluding carboxylic acids is 2. The highest BCUT2D eigenvalue weighted by Crippen LogP contribution is 2.28. The molecule has 0 saturated carbocycles. The zero-order chi connectivity index (χ0) is 23.1. The van der Waals surface area contributed by atoms with Crippen LogP contribution in [0, 0.1) is 13.8 Å². The van der Waals surface area contributed by atoms with Crippen LogP contribution in [0.15, 0.2) is 30.3 Å². The SMILES string of the molecule is CCNC(=O)[C@H](CC)N(Cc1c(Cl)cccc1Cl)C(=O)COc1cc(C)c(Cl)c(C)c1. The van der Waals surface area contributed by atoms with E-state index in [9.17, 15) is 9.59 Å². The van der Waals surface area contributed by atoms with Crippen molar-refractivity contribution >= 4 is 46.6 Å². The van der Waals surface area contributed by atoms with Crippen LogP contribution in [0.1, 0.15) is 37.0 Å². The number of rotatable bonds is 9. The lowest BCUT2D eigenvalue weighted by Crippen LogP contribution is -2.50. The van der Waals surface area contributed by atoms with E-state index >= 15 is 0 Å². The Morgan fingerprint density at radius 3 is 2.16 bits per heavy atom. The molecule has 5 nitrogen and oxygen atoms in total. The molecule has 0 spiro atoms. The van der Waals surface area contributed by atoms with E-state index in [0.717, 1.165) is 11.1 Å². The number of likely N-dealkylation sites (N-methyl/N-ethyl adjacent to an activating group) is 1. The molecule has 0 bridgehead atoms. The second kappa shape index (κ2) is 11.6. The van der Waals surface area contributed by atoms with Crippen LogP contribution in [0.3, 0.4) is 0 Å². The first-order valence-electron chi connectivity index (χ1n) is 10.1. The third-order valence-electron chi connectivity index (χ3n) is 4.90. The molecule has 0 fully saturated rings. The van der Waals surface area contributed by atoms with Gasteiger partial charge in [0, 0.05) is 33.7 Å². The number of hydrogen-bond acceptors (Lipinski definition) is 3. The molecule has 2 aromatic carbocycles. The van der Waals surface area contributed by atoms with Gasteiger partial charge in [0.05, 0.1) is 0 Å². The summed E-state index contributed by atoms with van der Waals surface area (Å²) in [6, 6.07) is 8.01. The number of nitrogens with zero attached hydrogens (tertiary/aromatic N) is 1. The third-order valence-corrected chi connectivity index (χ3v) is 6.20. The van der Waals surface area contributed by atoms with Crippen molar-refractivity contribution in [2.75, 3.05) is 13.2 Å². The Kier molecular flexibility index (Phi) is 9.48. The van der Waals surface area contributed by atoms with Crippen LogP contribution in [0.2, 0.25) is 15.1 Å². The van der Waals surface area contributed by atoms with Crippen molar-refractivity contribution in [3.05, 3.63) is 62.1 Å². The predicted octanol–water partition coefficient (Wildman–Crippen LogP) is 5.59. The lowest BCUT2D eigenvalue weighted by Gasteiger charge is -2.31. The fourth-order valence-corrected chi connectivity index (χ4v) is 3.91. The molecule has 1 atom stereocenters. The number of aryl methyl sites for hydroxylation is 2. The zero-order valence-corrected chi connectivity index (χ0v) is 20.4. The lowest BCUT2D eigenvalue weighted by molar-refractivity contribution is -0.142. The van der Waals surface area contributed by atoms with E-state index in [1.165, 1.54) is 4.90 Å². The second-order valence-electron chi connectivity index (χ2n) is 7.20. The minimum atomic E-state index is -0.683. The van der Waals surface area contributed by atoms with Crippen molar-refractivity contribution in [2.45, 2.75) is 46.7 Å². The summed E-state index contributed by atoms with van der Waals surface area (Å²) < 4.78 is 5.75. The van der Waals surface area contributed by atoms with E-state index in [0.29, 0.717) is 39.3 Å². The molecule has 168 valence electrons. The first kappa shape index (κ1) is 25.3. The van der Waals surface area contributed by atoms with Crippen LogP contribution < -0.4 is 10.1 Å². The highest BCUT2D eigenvalue weighted by atomic mass is 35.5. The quantitative estimate of drug-likeness (QED) is 0.504. The van der Waals surface area contributed by atoms with Crippen LogP contribution in [-0.2, 0) is 16.1 Å². The molecule has 2 amide bonds. The average Bonchev–Trinajstić information content (AvgIpc) is 2.72. The summed E-state index contributed by atoms with van der Waals surface area (Å²) in [4.78, 5) is 27.3. The molecule has 2 aromatic rings. The van der Waals surface area contributed by atoms with Gasteiger partial charge in [0.15, 0.2) is 6.61 Å². The number of nitrogens with one attached hydrogen (secondary N) is 1. The molecule has 0 saturated heterocycles. The van der Waals surface area contributed by atoms with Gasteiger partial charge in [0.1, 0.15) is 11.8 Å². The van der Waals surface area contributed by atoms with Crippen molar-refractivity contribution in [1.29, 1.82) is 0 Å². The smallest absolute Gasteiger partial charge is 0.261 e. The molecule has 0 heterocycles. The molecule has 31 heavy (non-hydrogen) atoms. The van der Waals surface area contributed by atoms with Crippen molar-refractivity contribution < 1.29 is 14.3 Å². The largest absolute Gasteiger partial charge is 0.484 e. The van der Waals surface area contributed by atoms with Gasteiger partial charge in [-0.05, 0) is 62.6 Å². The maximum atomic E-state index is 13.2. The summed E-state index contributed by atoms with van der Waals surface area (Å²) in [7, 11) is 0. The molecule has 0 aliphatic heterocycles. The summed E-state index contributed by atoms with van der Waals surface area (Å²) in [5.41, 5.74) is 2.30. The van der Waals surface area contributed by atoms with Crippen LogP contribution in [0.5, 0.6) is 5.75 Å². The second-order valence-corrected chi connectivity index (χ2v) is 8.39. The monoisotopic (exact) mass is 484 g/mol. The van der Waals surface area contributed by atoms with E-state index in [4.69, 9.17) is 39.5 Å². The molecule has 2 rings (SSSR count). The Labute approximate surface area is 198 Å². The fourth-order valence-electron chi connectivity index (χ4n) is 3.28. The van der Waals surface area contributed by atoms with Gasteiger partial charge in [-0.1, -0.05) is 47.8 Å². The zero-order valence-electron chi connectivity index (χ0n) is 18.1. The summed E-state index contributed by atoms with van der Waals surface area (Å²) >= 11 is 18.9. The first-order chi connectivity index (χ1) is 14.7. The summed E-state index contributed by atoms with van der Waals surface area (Å²) in [6.45, 7) is 7.74. The number of carbonyl (C=O) groups is 2. The molecular formula is C23H27Cl3N2O3. The molecule has 0 unspecified atom stereocenters. The Hall–Kier alpha value is -1.95. The predicted molar refractivity (Wildman–Crippen MR) is 126 cm³/mol. The average molecular weight is 486 g/mol. The van der Waals surface area contributed by atoms with Gasteiger partial charge in [0.25, 0.3) is 5.91 Å². The van der Waals surface area contributed by atoms with Crippen molar-refractivity contribution in [2.24, 2.45) is 0 Å². The van der Waals surface area contributed by atoms with E-state index in [-0.39, 0.29) is 25.0 Å². The Morgan fingerprint density at radius 2 is 1.65 bits per heavy atom. The van der Waals surface area contributed by atoms with Gasteiger partial charge in [-0.15, -0.1) is 0 Å². The third kappa shape index (κ3) is 6.52. The molecule has 8 heteroatoms. The van der Waals surface area contributed by atoms with Crippen molar-refractivity contribution in [3.63, 3.8) is 0 Å². The van der Waals surface area contributed by atoms with Gasteiger partial charge in [-0.2, -0.15) is 0 Å². The van der Waals surface area contributed by atoms with Gasteiger partial charge in [-0.25, -0.2) is 0 Å². The summed E-state index contributed by atoms with van der Waals surface area (Å²) in [6.07, 6.45) is 0.429. The minimum Gasteiger partial charge on any atom is -0.484 e. The van der Waals surface area contributed by atoms with E-state index in [2.05, 4.69) is 5.32 Å². The number of hydrogen-bond donors (Lipinski definition) is 1. The highest BCUT2D eigenvalue weighted by molar-refractivity contribution is 6.36. The van der Waals surface area contributed by atoms with Crippen LogP contribution >= 0.6 is 34.8 Å². The number of ether oxygens (including phenoxy) is 1. The number of benzene rings is 2. The number of amides is 2. The summed E-state index contributed by atoms with van der Waals surface area (Å²) in [5.74, 6) is -0.0476. The molecule has 0 aliphatic carbocycles. The van der Waals surface area contributed by atoms with E-state index in [1.54, 1.807) is 30.3 Å². The van der Waals surface area contributed by atoms with Gasteiger partial charge in [0.2, 0.25) is 5.91 Å². The Balaban J connectivity index is 2.30. The molecule has 0 aromatic heterocycles. The van der Waals surface area contributed by atoms with Crippen molar-refractivity contribution in [1.82, 2.24) is 10.2 Å². The molecular weight excluding hydrogens is 459 g/mol. The van der Waals surface area contributed by atoms with Gasteiger partial charge in [-0.3, -0.25) is 9.59 Å². The van der Waals surface area contributed by atoms with E-state index < -0.39 is 6.04 Å². The lowest BCUT2D eigenvalue weighted by atomic mass is 10.1. The van der Waals surface area contributed by atoms with E-state index in [1.807, 2.05) is 27.7 Å².